The van der Waals surface area contributed by atoms with Crippen LogP contribution in [0.3, 0.4) is 0 Å². The Balaban J connectivity index is 1.45. The summed E-state index contributed by atoms with van der Waals surface area (Å²) in [6.45, 7) is 1.26. The van der Waals surface area contributed by atoms with E-state index < -0.39 is 5.97 Å². The average molecular weight is 372 g/mol. The molecule has 0 radical (unpaired) electrons. The van der Waals surface area contributed by atoms with Gasteiger partial charge in [-0.1, -0.05) is 31.4 Å². The lowest BCUT2D eigenvalue weighted by atomic mass is 9.88. The van der Waals surface area contributed by atoms with Gasteiger partial charge in [0.25, 0.3) is 0 Å². The van der Waals surface area contributed by atoms with E-state index in [1.807, 2.05) is 4.90 Å². The second kappa shape index (κ2) is 9.02. The van der Waals surface area contributed by atoms with Crippen LogP contribution in [0.5, 0.6) is 0 Å². The zero-order valence-corrected chi connectivity index (χ0v) is 15.7. The highest BCUT2D eigenvalue weighted by Crippen LogP contribution is 2.24. The third-order valence-corrected chi connectivity index (χ3v) is 5.70. The smallest absolute Gasteiger partial charge is 0.335 e. The van der Waals surface area contributed by atoms with Crippen molar-refractivity contribution in [1.82, 2.24) is 10.2 Å². The predicted molar refractivity (Wildman–Crippen MR) is 101 cm³/mol. The van der Waals surface area contributed by atoms with Crippen LogP contribution in [0.4, 0.5) is 0 Å². The minimum atomic E-state index is -0.987. The molecule has 1 saturated heterocycles. The SMILES string of the molecule is O=C(O)c1cccc(CC(=O)N2CCC(NC(=O)C3CCCCC3)CC2)c1. The maximum atomic E-state index is 12.5. The van der Waals surface area contributed by atoms with Crippen LogP contribution >= 0.6 is 0 Å². The van der Waals surface area contributed by atoms with Crippen LogP contribution in [0.1, 0.15) is 60.9 Å². The number of aromatic carboxylic acids is 1. The Bertz CT molecular complexity index is 689. The number of carbonyl (C=O) groups excluding carboxylic acids is 2. The predicted octanol–water partition coefficient (Wildman–Crippen LogP) is 2.61. The van der Waals surface area contributed by atoms with Gasteiger partial charge < -0.3 is 15.3 Å². The zero-order chi connectivity index (χ0) is 19.2. The molecule has 1 aliphatic heterocycles. The van der Waals surface area contributed by atoms with Crippen molar-refractivity contribution in [3.05, 3.63) is 35.4 Å². The fourth-order valence-corrected chi connectivity index (χ4v) is 4.06. The summed E-state index contributed by atoms with van der Waals surface area (Å²) in [5.41, 5.74) is 0.914. The summed E-state index contributed by atoms with van der Waals surface area (Å²) in [5, 5.41) is 12.2. The van der Waals surface area contributed by atoms with E-state index in [2.05, 4.69) is 5.32 Å². The first-order valence-corrected chi connectivity index (χ1v) is 9.93. The van der Waals surface area contributed by atoms with Crippen LogP contribution in [0.25, 0.3) is 0 Å². The van der Waals surface area contributed by atoms with Crippen molar-refractivity contribution < 1.29 is 19.5 Å². The van der Waals surface area contributed by atoms with E-state index >= 15 is 0 Å². The van der Waals surface area contributed by atoms with Crippen molar-refractivity contribution in [2.45, 2.75) is 57.4 Å². The lowest BCUT2D eigenvalue weighted by Gasteiger charge is -2.33. The molecule has 27 heavy (non-hydrogen) atoms. The van der Waals surface area contributed by atoms with Crippen LogP contribution in [0.2, 0.25) is 0 Å². The largest absolute Gasteiger partial charge is 0.478 e. The van der Waals surface area contributed by atoms with Crippen molar-refractivity contribution in [3.63, 3.8) is 0 Å². The van der Waals surface area contributed by atoms with E-state index in [1.54, 1.807) is 18.2 Å². The number of amides is 2. The molecule has 2 fully saturated rings. The first kappa shape index (κ1) is 19.4. The third kappa shape index (κ3) is 5.31. The Morgan fingerprint density at radius 1 is 1.04 bits per heavy atom. The second-order valence-corrected chi connectivity index (χ2v) is 7.68. The normalized spacial score (nSPS) is 18.9. The number of carboxylic acid groups (broad SMARTS) is 1. The zero-order valence-electron chi connectivity index (χ0n) is 15.7. The van der Waals surface area contributed by atoms with Gasteiger partial charge in [-0.15, -0.1) is 0 Å². The molecule has 0 spiro atoms. The first-order valence-electron chi connectivity index (χ1n) is 9.93. The van der Waals surface area contributed by atoms with Gasteiger partial charge in [-0.25, -0.2) is 4.79 Å². The summed E-state index contributed by atoms with van der Waals surface area (Å²) in [6.07, 6.45) is 7.29. The molecule has 0 unspecified atom stereocenters. The molecule has 6 nitrogen and oxygen atoms in total. The maximum Gasteiger partial charge on any atom is 0.335 e. The molecule has 1 saturated carbocycles. The van der Waals surface area contributed by atoms with Crippen molar-refractivity contribution in [2.24, 2.45) is 5.92 Å². The molecule has 146 valence electrons. The number of carbonyl (C=O) groups is 3. The van der Waals surface area contributed by atoms with Crippen molar-refractivity contribution in [3.8, 4) is 0 Å². The molecule has 1 heterocycles. The fraction of sp³-hybridized carbons (Fsp3) is 0.571. The van der Waals surface area contributed by atoms with E-state index in [9.17, 15) is 14.4 Å². The summed E-state index contributed by atoms with van der Waals surface area (Å²) in [7, 11) is 0. The topological polar surface area (TPSA) is 86.7 Å². The van der Waals surface area contributed by atoms with Crippen LogP contribution < -0.4 is 5.32 Å². The monoisotopic (exact) mass is 372 g/mol. The van der Waals surface area contributed by atoms with E-state index in [-0.39, 0.29) is 35.8 Å². The molecule has 0 aromatic heterocycles. The highest BCUT2D eigenvalue weighted by molar-refractivity contribution is 5.88. The highest BCUT2D eigenvalue weighted by Gasteiger charge is 2.27. The molecule has 2 aliphatic rings. The quantitative estimate of drug-likeness (QED) is 0.832. The molecule has 2 amide bonds. The van der Waals surface area contributed by atoms with Gasteiger partial charge in [0.05, 0.1) is 12.0 Å². The molecular weight excluding hydrogens is 344 g/mol. The fourth-order valence-electron chi connectivity index (χ4n) is 4.06. The van der Waals surface area contributed by atoms with Crippen LogP contribution in [0.15, 0.2) is 24.3 Å². The minimum absolute atomic E-state index is 0.00889. The van der Waals surface area contributed by atoms with E-state index in [0.717, 1.165) is 38.5 Å². The Morgan fingerprint density at radius 3 is 2.41 bits per heavy atom. The highest BCUT2D eigenvalue weighted by atomic mass is 16.4. The van der Waals surface area contributed by atoms with Crippen LogP contribution in [-0.4, -0.2) is 46.9 Å². The molecule has 3 rings (SSSR count). The minimum Gasteiger partial charge on any atom is -0.478 e. The van der Waals surface area contributed by atoms with Gasteiger partial charge in [0.1, 0.15) is 0 Å². The maximum absolute atomic E-state index is 12.5. The third-order valence-electron chi connectivity index (χ3n) is 5.70. The van der Waals surface area contributed by atoms with Crippen molar-refractivity contribution >= 4 is 17.8 Å². The molecule has 1 aromatic carbocycles. The number of piperidine rings is 1. The Morgan fingerprint density at radius 2 is 1.74 bits per heavy atom. The first-order chi connectivity index (χ1) is 13.0. The van der Waals surface area contributed by atoms with Crippen molar-refractivity contribution in [2.75, 3.05) is 13.1 Å². The summed E-state index contributed by atoms with van der Waals surface area (Å²) >= 11 is 0. The summed E-state index contributed by atoms with van der Waals surface area (Å²) in [5.74, 6) is -0.627. The lowest BCUT2D eigenvalue weighted by molar-refractivity contribution is -0.131. The van der Waals surface area contributed by atoms with Crippen LogP contribution in [-0.2, 0) is 16.0 Å². The van der Waals surface area contributed by atoms with Gasteiger partial charge in [-0.05, 0) is 43.4 Å². The van der Waals surface area contributed by atoms with Gasteiger partial charge in [0.15, 0.2) is 0 Å². The van der Waals surface area contributed by atoms with Gasteiger partial charge >= 0.3 is 5.97 Å². The molecule has 1 aliphatic carbocycles. The number of hydrogen-bond donors (Lipinski definition) is 2. The Kier molecular flexibility index (Phi) is 6.48. The van der Waals surface area contributed by atoms with E-state index in [4.69, 9.17) is 5.11 Å². The molecule has 2 N–H and O–H groups in total. The van der Waals surface area contributed by atoms with Crippen molar-refractivity contribution in [1.29, 1.82) is 0 Å². The number of nitrogens with zero attached hydrogens (tertiary/aromatic N) is 1. The molecule has 6 heteroatoms. The lowest BCUT2D eigenvalue weighted by Crippen LogP contribution is -2.48. The second-order valence-electron chi connectivity index (χ2n) is 7.68. The molecular formula is C21H28N2O4. The summed E-state index contributed by atoms with van der Waals surface area (Å²) in [6, 6.07) is 6.67. The molecule has 0 atom stereocenters. The van der Waals surface area contributed by atoms with Gasteiger partial charge in [0, 0.05) is 25.0 Å². The number of hydrogen-bond acceptors (Lipinski definition) is 3. The van der Waals surface area contributed by atoms with E-state index in [0.29, 0.717) is 18.7 Å². The number of benzene rings is 1. The number of carboxylic acids is 1. The number of nitrogens with one attached hydrogen (secondary N) is 1. The number of likely N-dealkylation sites (tertiary alicyclic amines) is 1. The van der Waals surface area contributed by atoms with Crippen LogP contribution in [0, 0.1) is 5.92 Å². The number of rotatable bonds is 5. The summed E-state index contributed by atoms with van der Waals surface area (Å²) in [4.78, 5) is 37.8. The van der Waals surface area contributed by atoms with Gasteiger partial charge in [-0.2, -0.15) is 0 Å². The Hall–Kier alpha value is -2.37. The molecule has 1 aromatic rings. The average Bonchev–Trinajstić information content (AvgIpc) is 2.69. The molecule has 0 bridgehead atoms. The van der Waals surface area contributed by atoms with Gasteiger partial charge in [-0.3, -0.25) is 9.59 Å². The Labute approximate surface area is 159 Å². The summed E-state index contributed by atoms with van der Waals surface area (Å²) < 4.78 is 0. The van der Waals surface area contributed by atoms with Gasteiger partial charge in [0.2, 0.25) is 11.8 Å². The van der Waals surface area contributed by atoms with E-state index in [1.165, 1.54) is 12.5 Å². The standard InChI is InChI=1S/C21H28N2O4/c24-19(14-15-5-4-8-17(13-15)21(26)27)23-11-9-18(10-12-23)22-20(25)16-6-2-1-3-7-16/h4-5,8,13,16,18H,1-3,6-7,9-12,14H2,(H,22,25)(H,26,27).